The summed E-state index contributed by atoms with van der Waals surface area (Å²) in [5.74, 6) is 1.28. The van der Waals surface area contributed by atoms with E-state index in [-0.39, 0.29) is 0 Å². The molecule has 2 aromatic carbocycles. The molecule has 0 aliphatic rings. The highest BCUT2D eigenvalue weighted by atomic mass is 15.3. The van der Waals surface area contributed by atoms with Crippen LogP contribution in [0.3, 0.4) is 0 Å². The number of hydrogen-bond donors (Lipinski definition) is 2. The molecule has 0 atom stereocenters. The standard InChI is InChI=1S/C19H21N5/c1-3-8-16(9-4-1)12-7-13-20-19-23-18(15-22-24-19)21-14-17-10-5-2-6-11-17/h1-6,8-11,15H,7,12-14H2,(H2,20,21,23,24). The van der Waals surface area contributed by atoms with E-state index in [0.717, 1.165) is 25.2 Å². The van der Waals surface area contributed by atoms with Gasteiger partial charge in [0.25, 0.3) is 0 Å². The van der Waals surface area contributed by atoms with E-state index >= 15 is 0 Å². The Morgan fingerprint density at radius 1 is 0.792 bits per heavy atom. The molecule has 0 fully saturated rings. The van der Waals surface area contributed by atoms with Crippen LogP contribution in [0.1, 0.15) is 17.5 Å². The minimum Gasteiger partial charge on any atom is -0.365 e. The highest BCUT2D eigenvalue weighted by molar-refractivity contribution is 5.37. The number of benzene rings is 2. The summed E-state index contributed by atoms with van der Waals surface area (Å²) >= 11 is 0. The molecule has 0 bridgehead atoms. The molecule has 3 rings (SSSR count). The average Bonchev–Trinajstić information content (AvgIpc) is 2.66. The molecular weight excluding hydrogens is 298 g/mol. The molecule has 0 aliphatic heterocycles. The molecule has 24 heavy (non-hydrogen) atoms. The van der Waals surface area contributed by atoms with Crippen LogP contribution in [0.25, 0.3) is 0 Å². The fourth-order valence-electron chi connectivity index (χ4n) is 2.39. The Morgan fingerprint density at radius 2 is 1.50 bits per heavy atom. The predicted molar refractivity (Wildman–Crippen MR) is 96.8 cm³/mol. The molecule has 1 heterocycles. The lowest BCUT2D eigenvalue weighted by atomic mass is 10.1. The summed E-state index contributed by atoms with van der Waals surface area (Å²) in [5.41, 5.74) is 2.55. The van der Waals surface area contributed by atoms with Gasteiger partial charge in [-0.15, -0.1) is 5.10 Å². The predicted octanol–water partition coefficient (Wildman–Crippen LogP) is 3.53. The van der Waals surface area contributed by atoms with Crippen molar-refractivity contribution in [3.05, 3.63) is 78.0 Å². The molecule has 5 nitrogen and oxygen atoms in total. The lowest BCUT2D eigenvalue weighted by Crippen LogP contribution is -2.09. The van der Waals surface area contributed by atoms with Crippen LogP contribution in [-0.4, -0.2) is 21.7 Å². The number of anilines is 2. The van der Waals surface area contributed by atoms with Gasteiger partial charge in [0.2, 0.25) is 5.95 Å². The molecule has 0 saturated heterocycles. The Balaban J connectivity index is 1.45. The lowest BCUT2D eigenvalue weighted by Gasteiger charge is -2.08. The van der Waals surface area contributed by atoms with Crippen molar-refractivity contribution in [2.45, 2.75) is 19.4 Å². The second-order valence-electron chi connectivity index (χ2n) is 5.52. The van der Waals surface area contributed by atoms with Gasteiger partial charge in [-0.25, -0.2) is 0 Å². The first kappa shape index (κ1) is 15.9. The maximum absolute atomic E-state index is 4.44. The van der Waals surface area contributed by atoms with Crippen molar-refractivity contribution in [2.24, 2.45) is 0 Å². The van der Waals surface area contributed by atoms with Crippen molar-refractivity contribution in [3.8, 4) is 0 Å². The normalized spacial score (nSPS) is 10.3. The van der Waals surface area contributed by atoms with Crippen LogP contribution < -0.4 is 10.6 Å². The summed E-state index contributed by atoms with van der Waals surface area (Å²) < 4.78 is 0. The third kappa shape index (κ3) is 5.05. The number of aryl methyl sites for hydroxylation is 1. The van der Waals surface area contributed by atoms with Gasteiger partial charge in [-0.05, 0) is 24.0 Å². The van der Waals surface area contributed by atoms with Gasteiger partial charge in [0.1, 0.15) is 0 Å². The van der Waals surface area contributed by atoms with Gasteiger partial charge in [0.15, 0.2) is 5.82 Å². The van der Waals surface area contributed by atoms with Crippen molar-refractivity contribution in [1.82, 2.24) is 15.2 Å². The molecule has 0 aliphatic carbocycles. The van der Waals surface area contributed by atoms with Crippen LogP contribution in [0.4, 0.5) is 11.8 Å². The number of nitrogens with one attached hydrogen (secondary N) is 2. The Hall–Kier alpha value is -2.95. The molecular formula is C19H21N5. The van der Waals surface area contributed by atoms with Crippen LogP contribution in [0, 0.1) is 0 Å². The van der Waals surface area contributed by atoms with Crippen molar-refractivity contribution >= 4 is 11.8 Å². The minimum absolute atomic E-state index is 0.557. The first-order valence-corrected chi connectivity index (χ1v) is 8.15. The summed E-state index contributed by atoms with van der Waals surface area (Å²) in [4.78, 5) is 4.44. The summed E-state index contributed by atoms with van der Waals surface area (Å²) in [5, 5.41) is 14.5. The van der Waals surface area contributed by atoms with Crippen LogP contribution in [0.2, 0.25) is 0 Å². The Kier molecular flexibility index (Phi) is 5.72. The second-order valence-corrected chi connectivity index (χ2v) is 5.52. The van der Waals surface area contributed by atoms with Crippen molar-refractivity contribution in [3.63, 3.8) is 0 Å². The summed E-state index contributed by atoms with van der Waals surface area (Å²) in [7, 11) is 0. The van der Waals surface area contributed by atoms with Gasteiger partial charge in [-0.1, -0.05) is 60.7 Å². The third-order valence-corrected chi connectivity index (χ3v) is 3.64. The van der Waals surface area contributed by atoms with E-state index in [2.05, 4.69) is 62.2 Å². The average molecular weight is 319 g/mol. The van der Waals surface area contributed by atoms with E-state index in [1.54, 1.807) is 6.20 Å². The minimum atomic E-state index is 0.557. The summed E-state index contributed by atoms with van der Waals surface area (Å²) in [6.07, 6.45) is 3.69. The van der Waals surface area contributed by atoms with Crippen LogP contribution in [0.5, 0.6) is 0 Å². The zero-order chi connectivity index (χ0) is 16.5. The molecule has 122 valence electrons. The molecule has 0 saturated carbocycles. The third-order valence-electron chi connectivity index (χ3n) is 3.64. The topological polar surface area (TPSA) is 62.7 Å². The van der Waals surface area contributed by atoms with Crippen LogP contribution >= 0.6 is 0 Å². The number of nitrogens with zero attached hydrogens (tertiary/aromatic N) is 3. The van der Waals surface area contributed by atoms with E-state index in [1.807, 2.05) is 24.3 Å². The monoisotopic (exact) mass is 319 g/mol. The maximum Gasteiger partial charge on any atom is 0.244 e. The fourth-order valence-corrected chi connectivity index (χ4v) is 2.39. The van der Waals surface area contributed by atoms with Crippen LogP contribution in [-0.2, 0) is 13.0 Å². The van der Waals surface area contributed by atoms with Crippen LogP contribution in [0.15, 0.2) is 66.9 Å². The van der Waals surface area contributed by atoms with Gasteiger partial charge in [0.05, 0.1) is 6.20 Å². The van der Waals surface area contributed by atoms with Gasteiger partial charge >= 0.3 is 0 Å². The SMILES string of the molecule is c1ccc(CCCNc2nncc(NCc3ccccc3)n2)cc1. The zero-order valence-corrected chi connectivity index (χ0v) is 13.5. The second kappa shape index (κ2) is 8.62. The Bertz CT molecular complexity index is 731. The molecule has 2 N–H and O–H groups in total. The fraction of sp³-hybridized carbons (Fsp3) is 0.211. The number of aromatic nitrogens is 3. The maximum atomic E-state index is 4.44. The molecule has 5 heteroatoms. The quantitative estimate of drug-likeness (QED) is 0.622. The summed E-state index contributed by atoms with van der Waals surface area (Å²) in [6.45, 7) is 1.53. The molecule has 1 aromatic heterocycles. The van der Waals surface area contributed by atoms with E-state index in [1.165, 1.54) is 11.1 Å². The largest absolute Gasteiger partial charge is 0.365 e. The molecule has 3 aromatic rings. The van der Waals surface area contributed by atoms with Gasteiger partial charge < -0.3 is 10.6 Å². The Morgan fingerprint density at radius 3 is 2.25 bits per heavy atom. The smallest absolute Gasteiger partial charge is 0.244 e. The van der Waals surface area contributed by atoms with Crippen molar-refractivity contribution in [2.75, 3.05) is 17.2 Å². The summed E-state index contributed by atoms with van der Waals surface area (Å²) in [6, 6.07) is 20.7. The van der Waals surface area contributed by atoms with E-state index < -0.39 is 0 Å². The molecule has 0 spiro atoms. The van der Waals surface area contributed by atoms with E-state index in [9.17, 15) is 0 Å². The number of hydrogen-bond acceptors (Lipinski definition) is 5. The molecule has 0 radical (unpaired) electrons. The van der Waals surface area contributed by atoms with Gasteiger partial charge in [-0.2, -0.15) is 10.1 Å². The number of rotatable bonds is 8. The van der Waals surface area contributed by atoms with E-state index in [4.69, 9.17) is 0 Å². The van der Waals surface area contributed by atoms with Gasteiger partial charge in [0, 0.05) is 13.1 Å². The Labute approximate surface area is 142 Å². The first-order valence-electron chi connectivity index (χ1n) is 8.15. The molecule has 0 unspecified atom stereocenters. The lowest BCUT2D eigenvalue weighted by molar-refractivity contribution is 0.842. The van der Waals surface area contributed by atoms with E-state index in [0.29, 0.717) is 12.5 Å². The van der Waals surface area contributed by atoms with Gasteiger partial charge in [-0.3, -0.25) is 0 Å². The van der Waals surface area contributed by atoms with Crippen molar-refractivity contribution in [1.29, 1.82) is 0 Å². The van der Waals surface area contributed by atoms with Crippen molar-refractivity contribution < 1.29 is 0 Å². The first-order chi connectivity index (χ1) is 11.9. The highest BCUT2D eigenvalue weighted by Gasteiger charge is 2.00. The molecule has 0 amide bonds. The zero-order valence-electron chi connectivity index (χ0n) is 13.5. The highest BCUT2D eigenvalue weighted by Crippen LogP contribution is 2.07.